The molecule has 3 nitrogen and oxygen atoms in total. The van der Waals surface area contributed by atoms with Crippen LogP contribution in [0.25, 0.3) is 6.08 Å². The summed E-state index contributed by atoms with van der Waals surface area (Å²) >= 11 is 1.79. The smallest absolute Gasteiger partial charge is 0.247 e. The van der Waals surface area contributed by atoms with Crippen LogP contribution < -0.4 is 4.74 Å². The maximum absolute atomic E-state index is 12.6. The number of hydrogen-bond donors (Lipinski definition) is 0. The first-order valence-corrected chi connectivity index (χ1v) is 8.85. The number of para-hydroxylation sites is 1. The highest BCUT2D eigenvalue weighted by atomic mass is 32.1. The number of fused-ring (bicyclic) bond motifs is 1. The normalized spacial score (nSPS) is 17.3. The molecule has 2 heterocycles. The van der Waals surface area contributed by atoms with Crippen LogP contribution in [0.5, 0.6) is 5.75 Å². The number of nitrogens with zero attached hydrogens (tertiary/aromatic N) is 1. The first-order valence-electron chi connectivity index (χ1n) is 7.97. The van der Waals surface area contributed by atoms with Gasteiger partial charge in [-0.2, -0.15) is 0 Å². The van der Waals surface area contributed by atoms with Gasteiger partial charge in [0.25, 0.3) is 0 Å². The predicted molar refractivity (Wildman–Crippen MR) is 94.8 cm³/mol. The molecule has 1 amide bonds. The molecule has 1 aromatic heterocycles. The van der Waals surface area contributed by atoms with Crippen LogP contribution >= 0.6 is 11.3 Å². The van der Waals surface area contributed by atoms with Gasteiger partial charge >= 0.3 is 0 Å². The van der Waals surface area contributed by atoms with E-state index in [0.717, 1.165) is 24.3 Å². The highest BCUT2D eigenvalue weighted by molar-refractivity contribution is 7.10. The highest BCUT2D eigenvalue weighted by Crippen LogP contribution is 2.33. The van der Waals surface area contributed by atoms with Gasteiger partial charge in [-0.1, -0.05) is 18.2 Å². The zero-order valence-corrected chi connectivity index (χ0v) is 14.3. The number of rotatable bonds is 4. The minimum atomic E-state index is 0.0562. The van der Waals surface area contributed by atoms with Gasteiger partial charge in [-0.25, -0.2) is 0 Å². The maximum Gasteiger partial charge on any atom is 0.247 e. The second kappa shape index (κ2) is 7.01. The zero-order chi connectivity index (χ0) is 16.2. The third-order valence-electron chi connectivity index (χ3n) is 4.18. The Hall–Kier alpha value is -2.07. The van der Waals surface area contributed by atoms with E-state index in [1.165, 1.54) is 10.4 Å². The number of amides is 1. The van der Waals surface area contributed by atoms with Crippen LogP contribution in [-0.4, -0.2) is 24.0 Å². The molecule has 0 fully saturated rings. The summed E-state index contributed by atoms with van der Waals surface area (Å²) in [6.45, 7) is 5.46. The summed E-state index contributed by atoms with van der Waals surface area (Å²) in [4.78, 5) is 15.9. The molecule has 120 valence electrons. The molecule has 0 radical (unpaired) electrons. The Labute approximate surface area is 141 Å². The molecule has 0 spiro atoms. The van der Waals surface area contributed by atoms with E-state index in [4.69, 9.17) is 4.74 Å². The zero-order valence-electron chi connectivity index (χ0n) is 13.5. The topological polar surface area (TPSA) is 29.5 Å². The Morgan fingerprint density at radius 2 is 2.22 bits per heavy atom. The van der Waals surface area contributed by atoms with Crippen molar-refractivity contribution in [3.05, 3.63) is 57.8 Å². The summed E-state index contributed by atoms with van der Waals surface area (Å²) in [6, 6.07) is 10.1. The van der Waals surface area contributed by atoms with Crippen LogP contribution in [0.3, 0.4) is 0 Å². The molecule has 2 aromatic rings. The largest absolute Gasteiger partial charge is 0.493 e. The van der Waals surface area contributed by atoms with Crippen molar-refractivity contribution < 1.29 is 9.53 Å². The molecule has 0 bridgehead atoms. The van der Waals surface area contributed by atoms with Crippen molar-refractivity contribution in [3.63, 3.8) is 0 Å². The van der Waals surface area contributed by atoms with Crippen molar-refractivity contribution in [2.75, 3.05) is 13.2 Å². The molecule has 1 aliphatic rings. The number of hydrogen-bond acceptors (Lipinski definition) is 3. The molecule has 0 aliphatic carbocycles. The summed E-state index contributed by atoms with van der Waals surface area (Å²) in [6.07, 6.45) is 4.46. The van der Waals surface area contributed by atoms with Gasteiger partial charge in [0, 0.05) is 23.1 Å². The fourth-order valence-corrected chi connectivity index (χ4v) is 3.94. The second-order valence-electron chi connectivity index (χ2n) is 5.56. The summed E-state index contributed by atoms with van der Waals surface area (Å²) in [5.74, 6) is 0.867. The Morgan fingerprint density at radius 3 is 3.04 bits per heavy atom. The summed E-state index contributed by atoms with van der Waals surface area (Å²) in [5, 5.41) is 2.11. The number of benzene rings is 1. The Bertz CT molecular complexity index is 720. The van der Waals surface area contributed by atoms with Gasteiger partial charge in [0.05, 0.1) is 12.6 Å². The summed E-state index contributed by atoms with van der Waals surface area (Å²) < 4.78 is 5.60. The van der Waals surface area contributed by atoms with Gasteiger partial charge in [0.1, 0.15) is 5.75 Å². The van der Waals surface area contributed by atoms with E-state index in [0.29, 0.717) is 6.61 Å². The molecule has 1 atom stereocenters. The van der Waals surface area contributed by atoms with Crippen LogP contribution in [0.2, 0.25) is 0 Å². The van der Waals surface area contributed by atoms with Gasteiger partial charge < -0.3 is 9.64 Å². The SMILES string of the molecule is CCOc1ccccc1/C=C/C(=O)N1CCc2sccc2[C@H]1C. The third-order valence-corrected chi connectivity index (χ3v) is 5.18. The van der Waals surface area contributed by atoms with Crippen molar-refractivity contribution >= 4 is 23.3 Å². The number of ether oxygens (including phenoxy) is 1. The van der Waals surface area contributed by atoms with Gasteiger partial charge in [-0.15, -0.1) is 11.3 Å². The Balaban J connectivity index is 1.75. The fourth-order valence-electron chi connectivity index (χ4n) is 2.97. The standard InChI is InChI=1S/C19H21NO2S/c1-3-22-17-7-5-4-6-15(17)8-9-19(21)20-12-10-18-16(14(20)2)11-13-23-18/h4-9,11,13-14H,3,10,12H2,1-2H3/b9-8+/t14-/m1/s1. The first-order chi connectivity index (χ1) is 11.2. The van der Waals surface area contributed by atoms with E-state index in [2.05, 4.69) is 18.4 Å². The van der Waals surface area contributed by atoms with E-state index >= 15 is 0 Å². The van der Waals surface area contributed by atoms with E-state index < -0.39 is 0 Å². The third kappa shape index (κ3) is 3.32. The fraction of sp³-hybridized carbons (Fsp3) is 0.316. The highest BCUT2D eigenvalue weighted by Gasteiger charge is 2.26. The maximum atomic E-state index is 12.6. The van der Waals surface area contributed by atoms with Crippen molar-refractivity contribution in [3.8, 4) is 5.75 Å². The lowest BCUT2D eigenvalue weighted by Crippen LogP contribution is -2.37. The van der Waals surface area contributed by atoms with E-state index in [9.17, 15) is 4.79 Å². The monoisotopic (exact) mass is 327 g/mol. The molecule has 3 rings (SSSR count). The second-order valence-corrected chi connectivity index (χ2v) is 6.56. The van der Waals surface area contributed by atoms with Gasteiger partial charge in [-0.05, 0) is 49.4 Å². The Morgan fingerprint density at radius 1 is 1.39 bits per heavy atom. The van der Waals surface area contributed by atoms with Gasteiger partial charge in [0.15, 0.2) is 0 Å². The van der Waals surface area contributed by atoms with Crippen molar-refractivity contribution in [2.45, 2.75) is 26.3 Å². The van der Waals surface area contributed by atoms with Crippen molar-refractivity contribution in [2.24, 2.45) is 0 Å². The molecule has 1 aromatic carbocycles. The number of thiophene rings is 1. The molecule has 0 N–H and O–H groups in total. The molecule has 4 heteroatoms. The van der Waals surface area contributed by atoms with Crippen molar-refractivity contribution in [1.29, 1.82) is 0 Å². The van der Waals surface area contributed by atoms with E-state index in [1.807, 2.05) is 42.2 Å². The molecular weight excluding hydrogens is 306 g/mol. The molecule has 0 saturated heterocycles. The first kappa shape index (κ1) is 15.8. The average molecular weight is 327 g/mol. The van der Waals surface area contributed by atoms with Crippen LogP contribution in [0.4, 0.5) is 0 Å². The van der Waals surface area contributed by atoms with Crippen molar-refractivity contribution in [1.82, 2.24) is 4.90 Å². The number of carbonyl (C=O) groups is 1. The lowest BCUT2D eigenvalue weighted by molar-refractivity contribution is -0.128. The predicted octanol–water partition coefficient (Wildman–Crippen LogP) is 4.31. The molecule has 23 heavy (non-hydrogen) atoms. The lowest BCUT2D eigenvalue weighted by atomic mass is 10.0. The van der Waals surface area contributed by atoms with E-state index in [1.54, 1.807) is 17.4 Å². The molecule has 0 saturated carbocycles. The summed E-state index contributed by atoms with van der Waals surface area (Å²) in [5.41, 5.74) is 2.22. The molecule has 0 unspecified atom stereocenters. The van der Waals surface area contributed by atoms with Crippen LogP contribution in [0, 0.1) is 0 Å². The van der Waals surface area contributed by atoms with Crippen LogP contribution in [0.1, 0.15) is 35.9 Å². The average Bonchev–Trinajstić information content (AvgIpc) is 3.04. The molecule has 1 aliphatic heterocycles. The van der Waals surface area contributed by atoms with Gasteiger partial charge in [0.2, 0.25) is 5.91 Å². The minimum Gasteiger partial charge on any atom is -0.493 e. The van der Waals surface area contributed by atoms with Crippen LogP contribution in [0.15, 0.2) is 41.8 Å². The van der Waals surface area contributed by atoms with Crippen LogP contribution in [-0.2, 0) is 11.2 Å². The van der Waals surface area contributed by atoms with Gasteiger partial charge in [-0.3, -0.25) is 4.79 Å². The summed E-state index contributed by atoms with van der Waals surface area (Å²) in [7, 11) is 0. The minimum absolute atomic E-state index is 0.0562. The lowest BCUT2D eigenvalue weighted by Gasteiger charge is -2.32. The Kier molecular flexibility index (Phi) is 4.82. The van der Waals surface area contributed by atoms with E-state index in [-0.39, 0.29) is 11.9 Å². The number of carbonyl (C=O) groups excluding carboxylic acids is 1. The molecular formula is C19H21NO2S. The quantitative estimate of drug-likeness (QED) is 0.783.